The third-order valence-electron chi connectivity index (χ3n) is 3.27. The molecule has 0 bridgehead atoms. The molecule has 0 fully saturated rings. The zero-order valence-corrected chi connectivity index (χ0v) is 11.7. The maximum atomic E-state index is 12.2. The number of benzene rings is 1. The van der Waals surface area contributed by atoms with Crippen molar-refractivity contribution in [3.63, 3.8) is 0 Å². The second-order valence-electron chi connectivity index (χ2n) is 4.61. The molecule has 0 saturated carbocycles. The molecule has 0 radical (unpaired) electrons. The lowest BCUT2D eigenvalue weighted by atomic mass is 10.1. The van der Waals surface area contributed by atoms with E-state index in [1.807, 2.05) is 6.08 Å². The van der Waals surface area contributed by atoms with E-state index in [0.29, 0.717) is 6.54 Å². The van der Waals surface area contributed by atoms with Crippen molar-refractivity contribution in [1.82, 2.24) is 10.6 Å². The minimum atomic E-state index is -0.565. The number of hydrogen-bond acceptors (Lipinski definition) is 5. The third-order valence-corrected chi connectivity index (χ3v) is 3.27. The number of nitrogens with zero attached hydrogens (tertiary/aromatic N) is 1. The molecule has 7 heteroatoms. The Morgan fingerprint density at radius 2 is 2.33 bits per heavy atom. The Hall–Kier alpha value is -2.41. The molecule has 112 valence electrons. The number of rotatable bonds is 5. The first-order valence-electron chi connectivity index (χ1n) is 6.61. The fourth-order valence-electron chi connectivity index (χ4n) is 2.18. The smallest absolute Gasteiger partial charge is 0.311 e. The number of carbonyl (C=O) groups excluding carboxylic acids is 1. The lowest BCUT2D eigenvalue weighted by Gasteiger charge is -2.15. The van der Waals surface area contributed by atoms with Crippen molar-refractivity contribution in [3.05, 3.63) is 45.5 Å². The molecule has 0 aliphatic carbocycles. The van der Waals surface area contributed by atoms with E-state index in [-0.39, 0.29) is 22.9 Å². The van der Waals surface area contributed by atoms with E-state index in [9.17, 15) is 14.9 Å². The molecule has 0 atom stereocenters. The third kappa shape index (κ3) is 3.57. The summed E-state index contributed by atoms with van der Waals surface area (Å²) in [4.78, 5) is 22.6. The molecule has 21 heavy (non-hydrogen) atoms. The van der Waals surface area contributed by atoms with Crippen LogP contribution in [0.2, 0.25) is 0 Å². The van der Waals surface area contributed by atoms with Crippen LogP contribution >= 0.6 is 0 Å². The van der Waals surface area contributed by atoms with Crippen LogP contribution in [0.1, 0.15) is 16.8 Å². The number of carbonyl (C=O) groups is 1. The predicted molar refractivity (Wildman–Crippen MR) is 77.6 cm³/mol. The summed E-state index contributed by atoms with van der Waals surface area (Å²) in [7, 11) is 1.31. The number of hydrogen-bond donors (Lipinski definition) is 2. The molecule has 1 aliphatic heterocycles. The molecule has 2 N–H and O–H groups in total. The van der Waals surface area contributed by atoms with Crippen LogP contribution in [-0.4, -0.2) is 37.6 Å². The van der Waals surface area contributed by atoms with Crippen LogP contribution in [-0.2, 0) is 0 Å². The molecule has 2 rings (SSSR count). The average molecular weight is 291 g/mol. The van der Waals surface area contributed by atoms with Gasteiger partial charge in [-0.3, -0.25) is 14.9 Å². The Bertz CT molecular complexity index is 584. The molecule has 0 unspecified atom stereocenters. The minimum Gasteiger partial charge on any atom is -0.490 e. The van der Waals surface area contributed by atoms with Crippen LogP contribution in [0.25, 0.3) is 0 Å². The molecule has 1 amide bonds. The summed E-state index contributed by atoms with van der Waals surface area (Å²) in [6.45, 7) is 2.12. The van der Waals surface area contributed by atoms with E-state index >= 15 is 0 Å². The summed E-state index contributed by atoms with van der Waals surface area (Å²) in [5.41, 5.74) is 1.10. The Morgan fingerprint density at radius 1 is 1.52 bits per heavy atom. The molecule has 0 aromatic heterocycles. The topological polar surface area (TPSA) is 93.5 Å². The molecule has 7 nitrogen and oxygen atoms in total. The van der Waals surface area contributed by atoms with E-state index in [2.05, 4.69) is 10.6 Å². The molecule has 1 aromatic carbocycles. The van der Waals surface area contributed by atoms with Gasteiger partial charge < -0.3 is 15.4 Å². The number of nitrogens with one attached hydrogen (secondary N) is 2. The standard InChI is InChI=1S/C14H17N3O4/c1-21-13-11(3-2-4-12(13)17(19)20)14(18)16-9-10-5-7-15-8-6-10/h2-5,15H,6-9H2,1H3,(H,16,18). The number of para-hydroxylation sites is 1. The van der Waals surface area contributed by atoms with Crippen LogP contribution in [0, 0.1) is 10.1 Å². The molecule has 0 spiro atoms. The van der Waals surface area contributed by atoms with Gasteiger partial charge in [0.05, 0.1) is 17.6 Å². The van der Waals surface area contributed by atoms with Crippen LogP contribution < -0.4 is 15.4 Å². The average Bonchev–Trinajstić information content (AvgIpc) is 2.52. The summed E-state index contributed by atoms with van der Waals surface area (Å²) < 4.78 is 5.02. The van der Waals surface area contributed by atoms with Crippen LogP contribution in [0.3, 0.4) is 0 Å². The van der Waals surface area contributed by atoms with Gasteiger partial charge in [-0.25, -0.2) is 0 Å². The highest BCUT2D eigenvalue weighted by Crippen LogP contribution is 2.30. The molecular formula is C14H17N3O4. The number of ether oxygens (including phenoxy) is 1. The first-order valence-corrected chi connectivity index (χ1v) is 6.61. The van der Waals surface area contributed by atoms with Crippen molar-refractivity contribution in [3.8, 4) is 5.75 Å². The summed E-state index contributed by atoms with van der Waals surface area (Å²) >= 11 is 0. The number of nitro groups is 1. The molecule has 1 aromatic rings. The lowest BCUT2D eigenvalue weighted by molar-refractivity contribution is -0.385. The minimum absolute atomic E-state index is 0.0145. The highest BCUT2D eigenvalue weighted by Gasteiger charge is 2.22. The second-order valence-corrected chi connectivity index (χ2v) is 4.61. The molecule has 0 saturated heterocycles. The number of amides is 1. The number of methoxy groups -OCH3 is 1. The second kappa shape index (κ2) is 6.85. The quantitative estimate of drug-likeness (QED) is 0.484. The van der Waals surface area contributed by atoms with Crippen LogP contribution in [0.15, 0.2) is 29.8 Å². The van der Waals surface area contributed by atoms with Gasteiger partial charge in [0.15, 0.2) is 0 Å². The fraction of sp³-hybridized carbons (Fsp3) is 0.357. The van der Waals surface area contributed by atoms with E-state index in [1.54, 1.807) is 0 Å². The highest BCUT2D eigenvalue weighted by atomic mass is 16.6. The zero-order valence-electron chi connectivity index (χ0n) is 11.7. The first kappa shape index (κ1) is 15.0. The Kier molecular flexibility index (Phi) is 4.89. The van der Waals surface area contributed by atoms with Gasteiger partial charge in [-0.2, -0.15) is 0 Å². The van der Waals surface area contributed by atoms with Crippen LogP contribution in [0.4, 0.5) is 5.69 Å². The van der Waals surface area contributed by atoms with Crippen molar-refractivity contribution >= 4 is 11.6 Å². The first-order chi connectivity index (χ1) is 10.1. The van der Waals surface area contributed by atoms with Gasteiger partial charge in [0.2, 0.25) is 5.75 Å². The van der Waals surface area contributed by atoms with E-state index in [1.165, 1.54) is 25.3 Å². The van der Waals surface area contributed by atoms with E-state index in [4.69, 9.17) is 4.74 Å². The van der Waals surface area contributed by atoms with E-state index < -0.39 is 4.92 Å². The monoisotopic (exact) mass is 291 g/mol. The highest BCUT2D eigenvalue weighted by molar-refractivity contribution is 5.98. The van der Waals surface area contributed by atoms with Crippen LogP contribution in [0.5, 0.6) is 5.75 Å². The lowest BCUT2D eigenvalue weighted by Crippen LogP contribution is -2.29. The largest absolute Gasteiger partial charge is 0.490 e. The Balaban J connectivity index is 2.13. The van der Waals surface area contributed by atoms with Gasteiger partial charge in [0, 0.05) is 19.2 Å². The summed E-state index contributed by atoms with van der Waals surface area (Å²) in [5.74, 6) is -0.394. The molecule has 1 heterocycles. The Labute approximate surface area is 122 Å². The van der Waals surface area contributed by atoms with E-state index in [0.717, 1.165) is 25.1 Å². The van der Waals surface area contributed by atoms with Crippen molar-refractivity contribution in [2.75, 3.05) is 26.7 Å². The van der Waals surface area contributed by atoms with Crippen molar-refractivity contribution in [2.24, 2.45) is 0 Å². The van der Waals surface area contributed by atoms with Gasteiger partial charge in [-0.15, -0.1) is 0 Å². The maximum absolute atomic E-state index is 12.2. The van der Waals surface area contributed by atoms with Crippen molar-refractivity contribution < 1.29 is 14.5 Å². The summed E-state index contributed by atoms with van der Waals surface area (Å²) in [5, 5.41) is 16.9. The van der Waals surface area contributed by atoms with Gasteiger partial charge in [0.25, 0.3) is 5.91 Å². The zero-order chi connectivity index (χ0) is 15.2. The van der Waals surface area contributed by atoms with Gasteiger partial charge in [0.1, 0.15) is 0 Å². The normalized spacial score (nSPS) is 14.2. The molecule has 1 aliphatic rings. The van der Waals surface area contributed by atoms with Gasteiger partial charge >= 0.3 is 5.69 Å². The maximum Gasteiger partial charge on any atom is 0.311 e. The molecular weight excluding hydrogens is 274 g/mol. The van der Waals surface area contributed by atoms with Gasteiger partial charge in [-0.1, -0.05) is 17.7 Å². The van der Waals surface area contributed by atoms with Crippen molar-refractivity contribution in [2.45, 2.75) is 6.42 Å². The fourth-order valence-corrected chi connectivity index (χ4v) is 2.18. The summed E-state index contributed by atoms with van der Waals surface area (Å²) in [6, 6.07) is 4.29. The predicted octanol–water partition coefficient (Wildman–Crippen LogP) is 1.25. The van der Waals surface area contributed by atoms with Gasteiger partial charge in [-0.05, 0) is 19.0 Å². The Morgan fingerprint density at radius 3 is 2.95 bits per heavy atom. The number of nitro benzene ring substituents is 1. The van der Waals surface area contributed by atoms with Crippen molar-refractivity contribution in [1.29, 1.82) is 0 Å². The summed E-state index contributed by atoms with van der Waals surface area (Å²) in [6.07, 6.45) is 2.92. The SMILES string of the molecule is COc1c(C(=O)NCC2=CCNCC2)cccc1[N+](=O)[O-].